The van der Waals surface area contributed by atoms with Crippen molar-refractivity contribution >= 4 is 49.3 Å². The molecule has 0 unspecified atom stereocenters. The van der Waals surface area contributed by atoms with Crippen LogP contribution in [0.2, 0.25) is 0 Å². The molecule has 2 aromatic rings. The maximum Gasteiger partial charge on any atom is 0.259 e. The van der Waals surface area contributed by atoms with Gasteiger partial charge in [0.25, 0.3) is 5.91 Å². The molecule has 0 spiro atoms. The fourth-order valence-electron chi connectivity index (χ4n) is 1.38. The predicted molar refractivity (Wildman–Crippen MR) is 78.4 cm³/mol. The molecule has 0 aliphatic carbocycles. The van der Waals surface area contributed by atoms with Gasteiger partial charge in [-0.15, -0.1) is 0 Å². The largest absolute Gasteiger partial charge is 0.383 e. The Morgan fingerprint density at radius 1 is 1.28 bits per heavy atom. The number of anilines is 2. The summed E-state index contributed by atoms with van der Waals surface area (Å²) in [6, 6.07) is 8.98. The maximum absolute atomic E-state index is 12.1. The standard InChI is InChI=1S/C12H9Br2N3O/c13-7-5-8(11(15)16-6-7)12(18)17-10-4-2-1-3-9(10)14/h1-6H,(H2,15,16)(H,17,18). The molecule has 1 aromatic carbocycles. The van der Waals surface area contributed by atoms with Gasteiger partial charge in [-0.3, -0.25) is 4.79 Å². The van der Waals surface area contributed by atoms with Crippen LogP contribution in [0.1, 0.15) is 10.4 Å². The lowest BCUT2D eigenvalue weighted by Gasteiger charge is -2.08. The summed E-state index contributed by atoms with van der Waals surface area (Å²) in [5.41, 5.74) is 6.69. The van der Waals surface area contributed by atoms with Gasteiger partial charge in [-0.25, -0.2) is 4.98 Å². The molecule has 0 fully saturated rings. The first-order valence-electron chi connectivity index (χ1n) is 5.05. The molecule has 3 N–H and O–H groups in total. The number of benzene rings is 1. The van der Waals surface area contributed by atoms with E-state index in [1.54, 1.807) is 18.3 Å². The van der Waals surface area contributed by atoms with Crippen LogP contribution in [0.25, 0.3) is 0 Å². The van der Waals surface area contributed by atoms with Gasteiger partial charge in [-0.2, -0.15) is 0 Å². The van der Waals surface area contributed by atoms with Gasteiger partial charge in [-0.05, 0) is 50.1 Å². The first kappa shape index (κ1) is 13.0. The molecule has 0 saturated heterocycles. The van der Waals surface area contributed by atoms with Gasteiger partial charge in [0, 0.05) is 15.1 Å². The lowest BCUT2D eigenvalue weighted by Crippen LogP contribution is -2.15. The molecule has 0 saturated carbocycles. The Balaban J connectivity index is 2.28. The minimum Gasteiger partial charge on any atom is -0.383 e. The summed E-state index contributed by atoms with van der Waals surface area (Å²) in [5, 5.41) is 2.77. The van der Waals surface area contributed by atoms with E-state index in [2.05, 4.69) is 42.2 Å². The Bertz CT molecular complexity index is 602. The number of nitrogen functional groups attached to an aromatic ring is 1. The molecular formula is C12H9Br2N3O. The summed E-state index contributed by atoms with van der Waals surface area (Å²) in [5.74, 6) is -0.101. The van der Waals surface area contributed by atoms with E-state index in [0.29, 0.717) is 15.7 Å². The lowest BCUT2D eigenvalue weighted by atomic mass is 10.2. The van der Waals surface area contributed by atoms with Gasteiger partial charge in [0.15, 0.2) is 0 Å². The molecule has 1 aromatic heterocycles. The highest BCUT2D eigenvalue weighted by molar-refractivity contribution is 9.10. The summed E-state index contributed by atoms with van der Waals surface area (Å²) >= 11 is 6.62. The normalized spacial score (nSPS) is 10.1. The molecule has 0 aliphatic rings. The van der Waals surface area contributed by atoms with Crippen molar-refractivity contribution in [2.75, 3.05) is 11.1 Å². The number of para-hydroxylation sites is 1. The third-order valence-electron chi connectivity index (χ3n) is 2.25. The fraction of sp³-hybridized carbons (Fsp3) is 0. The molecule has 92 valence electrons. The maximum atomic E-state index is 12.1. The SMILES string of the molecule is Nc1ncc(Br)cc1C(=O)Nc1ccccc1Br. The van der Waals surface area contributed by atoms with E-state index < -0.39 is 0 Å². The highest BCUT2D eigenvalue weighted by Gasteiger charge is 2.12. The van der Waals surface area contributed by atoms with Crippen molar-refractivity contribution in [2.45, 2.75) is 0 Å². The summed E-state index contributed by atoms with van der Waals surface area (Å²) < 4.78 is 1.51. The molecule has 1 amide bonds. The number of amides is 1. The number of nitrogens with zero attached hydrogens (tertiary/aromatic N) is 1. The zero-order chi connectivity index (χ0) is 13.1. The third-order valence-corrected chi connectivity index (χ3v) is 3.38. The number of aromatic nitrogens is 1. The second kappa shape index (κ2) is 5.49. The van der Waals surface area contributed by atoms with E-state index in [4.69, 9.17) is 5.73 Å². The Kier molecular flexibility index (Phi) is 3.98. The molecule has 0 bridgehead atoms. The summed E-state index contributed by atoms with van der Waals surface area (Å²) in [6.07, 6.45) is 1.55. The monoisotopic (exact) mass is 369 g/mol. The zero-order valence-corrected chi connectivity index (χ0v) is 12.3. The highest BCUT2D eigenvalue weighted by Crippen LogP contribution is 2.23. The van der Waals surface area contributed by atoms with E-state index in [1.165, 1.54) is 0 Å². The van der Waals surface area contributed by atoms with Crippen LogP contribution in [0, 0.1) is 0 Å². The van der Waals surface area contributed by atoms with Crippen LogP contribution < -0.4 is 11.1 Å². The van der Waals surface area contributed by atoms with Crippen LogP contribution in [0.3, 0.4) is 0 Å². The molecule has 2 rings (SSSR count). The van der Waals surface area contributed by atoms with Crippen LogP contribution in [0.4, 0.5) is 11.5 Å². The van der Waals surface area contributed by atoms with Crippen molar-refractivity contribution in [1.82, 2.24) is 4.98 Å². The third kappa shape index (κ3) is 2.88. The van der Waals surface area contributed by atoms with Crippen molar-refractivity contribution in [3.63, 3.8) is 0 Å². The van der Waals surface area contributed by atoms with Gasteiger partial charge < -0.3 is 11.1 Å². The quantitative estimate of drug-likeness (QED) is 0.850. The fourth-order valence-corrected chi connectivity index (χ4v) is 2.10. The Hall–Kier alpha value is -1.40. The predicted octanol–water partition coefficient (Wildman–Crippen LogP) is 3.44. The Labute approximate surface area is 121 Å². The molecule has 0 aliphatic heterocycles. The minimum atomic E-state index is -0.298. The highest BCUT2D eigenvalue weighted by atomic mass is 79.9. The van der Waals surface area contributed by atoms with E-state index >= 15 is 0 Å². The molecular weight excluding hydrogens is 362 g/mol. The first-order chi connectivity index (χ1) is 8.58. The molecule has 0 radical (unpaired) electrons. The van der Waals surface area contributed by atoms with Gasteiger partial charge in [0.1, 0.15) is 5.82 Å². The molecule has 6 heteroatoms. The topological polar surface area (TPSA) is 68.0 Å². The Morgan fingerprint density at radius 3 is 2.72 bits per heavy atom. The first-order valence-corrected chi connectivity index (χ1v) is 6.63. The van der Waals surface area contributed by atoms with Crippen molar-refractivity contribution in [1.29, 1.82) is 0 Å². The minimum absolute atomic E-state index is 0.197. The molecule has 1 heterocycles. The van der Waals surface area contributed by atoms with E-state index in [-0.39, 0.29) is 11.7 Å². The average molecular weight is 371 g/mol. The summed E-state index contributed by atoms with van der Waals surface area (Å²) in [4.78, 5) is 16.0. The number of pyridine rings is 1. The Morgan fingerprint density at radius 2 is 2.00 bits per heavy atom. The van der Waals surface area contributed by atoms with Crippen LogP contribution in [-0.2, 0) is 0 Å². The number of halogens is 2. The van der Waals surface area contributed by atoms with Crippen molar-refractivity contribution in [3.8, 4) is 0 Å². The van der Waals surface area contributed by atoms with Crippen molar-refractivity contribution in [3.05, 3.63) is 51.0 Å². The molecule has 18 heavy (non-hydrogen) atoms. The van der Waals surface area contributed by atoms with Gasteiger partial charge in [-0.1, -0.05) is 12.1 Å². The zero-order valence-electron chi connectivity index (χ0n) is 9.15. The average Bonchev–Trinajstić information content (AvgIpc) is 2.35. The summed E-state index contributed by atoms with van der Waals surface area (Å²) in [7, 11) is 0. The van der Waals surface area contributed by atoms with E-state index in [0.717, 1.165) is 4.47 Å². The van der Waals surface area contributed by atoms with Gasteiger partial charge >= 0.3 is 0 Å². The van der Waals surface area contributed by atoms with Crippen molar-refractivity contribution < 1.29 is 4.79 Å². The van der Waals surface area contributed by atoms with Gasteiger partial charge in [0.05, 0.1) is 11.3 Å². The number of carbonyl (C=O) groups excluding carboxylic acids is 1. The van der Waals surface area contributed by atoms with Crippen LogP contribution in [0.15, 0.2) is 45.5 Å². The van der Waals surface area contributed by atoms with Crippen LogP contribution >= 0.6 is 31.9 Å². The second-order valence-corrected chi connectivity index (χ2v) is 5.29. The van der Waals surface area contributed by atoms with Crippen LogP contribution in [0.5, 0.6) is 0 Å². The number of rotatable bonds is 2. The molecule has 4 nitrogen and oxygen atoms in total. The number of nitrogens with one attached hydrogen (secondary N) is 1. The number of hydrogen-bond donors (Lipinski definition) is 2. The van der Waals surface area contributed by atoms with E-state index in [9.17, 15) is 4.79 Å². The van der Waals surface area contributed by atoms with Gasteiger partial charge in [0.2, 0.25) is 0 Å². The number of carbonyl (C=O) groups is 1. The molecule has 0 atom stereocenters. The lowest BCUT2D eigenvalue weighted by molar-refractivity contribution is 0.102. The number of nitrogens with two attached hydrogens (primary N) is 1. The summed E-state index contributed by atoms with van der Waals surface area (Å²) in [6.45, 7) is 0. The smallest absolute Gasteiger partial charge is 0.259 e. The van der Waals surface area contributed by atoms with Crippen molar-refractivity contribution in [2.24, 2.45) is 0 Å². The number of hydrogen-bond acceptors (Lipinski definition) is 3. The van der Waals surface area contributed by atoms with E-state index in [1.807, 2.05) is 18.2 Å². The second-order valence-electron chi connectivity index (χ2n) is 3.52. The van der Waals surface area contributed by atoms with Crippen LogP contribution in [-0.4, -0.2) is 10.9 Å².